The van der Waals surface area contributed by atoms with E-state index in [0.29, 0.717) is 0 Å². The summed E-state index contributed by atoms with van der Waals surface area (Å²) < 4.78 is 0. The molecule has 0 unspecified atom stereocenters. The van der Waals surface area contributed by atoms with Crippen LogP contribution in [0.1, 0.15) is 11.1 Å². The first-order valence-electron chi connectivity index (χ1n) is 3.52. The SMILES string of the molecule is C=CC#Cc1ccccc1C. The largest absolute Gasteiger partial charge is 0.0906 e. The Morgan fingerprint density at radius 2 is 2.09 bits per heavy atom. The van der Waals surface area contributed by atoms with Crippen molar-refractivity contribution in [2.75, 3.05) is 0 Å². The summed E-state index contributed by atoms with van der Waals surface area (Å²) in [5.74, 6) is 5.81. The van der Waals surface area contributed by atoms with Gasteiger partial charge in [0.1, 0.15) is 0 Å². The number of allylic oxidation sites excluding steroid dienone is 1. The third-order valence-corrected chi connectivity index (χ3v) is 1.45. The molecule has 0 aliphatic heterocycles. The normalized spacial score (nSPS) is 8.09. The minimum Gasteiger partial charge on any atom is -0.0906 e. The van der Waals surface area contributed by atoms with Crippen LogP contribution in [-0.2, 0) is 0 Å². The van der Waals surface area contributed by atoms with Gasteiger partial charge in [0.05, 0.1) is 0 Å². The second-order valence-corrected chi connectivity index (χ2v) is 2.29. The predicted octanol–water partition coefficient (Wildman–Crippen LogP) is 2.53. The van der Waals surface area contributed by atoms with Gasteiger partial charge in [0.2, 0.25) is 0 Å². The highest BCUT2D eigenvalue weighted by atomic mass is 13.9. The van der Waals surface area contributed by atoms with Gasteiger partial charge in [-0.05, 0) is 24.6 Å². The number of hydrogen-bond donors (Lipinski definition) is 0. The van der Waals surface area contributed by atoms with Crippen LogP contribution in [0.3, 0.4) is 0 Å². The molecule has 1 aromatic rings. The molecule has 0 heterocycles. The van der Waals surface area contributed by atoms with Gasteiger partial charge in [-0.1, -0.05) is 36.6 Å². The average molecular weight is 142 g/mol. The summed E-state index contributed by atoms with van der Waals surface area (Å²) in [5.41, 5.74) is 2.29. The molecular formula is C11H10. The molecule has 0 atom stereocenters. The summed E-state index contributed by atoms with van der Waals surface area (Å²) in [5, 5.41) is 0. The van der Waals surface area contributed by atoms with Gasteiger partial charge < -0.3 is 0 Å². The summed E-state index contributed by atoms with van der Waals surface area (Å²) in [7, 11) is 0. The molecule has 0 radical (unpaired) electrons. The van der Waals surface area contributed by atoms with E-state index >= 15 is 0 Å². The molecular weight excluding hydrogens is 132 g/mol. The summed E-state index contributed by atoms with van der Waals surface area (Å²) >= 11 is 0. The highest BCUT2D eigenvalue weighted by molar-refractivity contribution is 5.41. The minimum absolute atomic E-state index is 1.08. The van der Waals surface area contributed by atoms with Gasteiger partial charge >= 0.3 is 0 Å². The van der Waals surface area contributed by atoms with Crippen LogP contribution in [0.5, 0.6) is 0 Å². The van der Waals surface area contributed by atoms with E-state index in [1.54, 1.807) is 6.08 Å². The molecule has 0 spiro atoms. The molecule has 0 fully saturated rings. The first-order chi connectivity index (χ1) is 5.34. The standard InChI is InChI=1S/C11H10/c1-3-4-8-11-9-6-5-7-10(11)2/h3,5-7,9H,1H2,2H3. The number of hydrogen-bond acceptors (Lipinski definition) is 0. The highest BCUT2D eigenvalue weighted by Gasteiger charge is 1.88. The second kappa shape index (κ2) is 3.63. The summed E-state index contributed by atoms with van der Waals surface area (Å²) in [6.45, 7) is 5.58. The van der Waals surface area contributed by atoms with E-state index in [2.05, 4.69) is 18.4 Å². The monoisotopic (exact) mass is 142 g/mol. The van der Waals surface area contributed by atoms with Crippen LogP contribution >= 0.6 is 0 Å². The molecule has 0 aliphatic carbocycles. The van der Waals surface area contributed by atoms with E-state index < -0.39 is 0 Å². The molecule has 0 bridgehead atoms. The Morgan fingerprint density at radius 3 is 2.73 bits per heavy atom. The maximum Gasteiger partial charge on any atom is 0.0278 e. The summed E-state index contributed by atoms with van der Waals surface area (Å²) in [6, 6.07) is 8.05. The minimum atomic E-state index is 1.08. The van der Waals surface area contributed by atoms with Crippen LogP contribution in [0.4, 0.5) is 0 Å². The summed E-state index contributed by atoms with van der Waals surface area (Å²) in [6.07, 6.45) is 1.60. The molecule has 54 valence electrons. The Morgan fingerprint density at radius 1 is 1.36 bits per heavy atom. The topological polar surface area (TPSA) is 0 Å². The fraction of sp³-hybridized carbons (Fsp3) is 0.0909. The maximum absolute atomic E-state index is 3.53. The zero-order valence-electron chi connectivity index (χ0n) is 6.59. The number of benzene rings is 1. The molecule has 0 nitrogen and oxygen atoms in total. The van der Waals surface area contributed by atoms with Gasteiger partial charge in [0.15, 0.2) is 0 Å². The van der Waals surface area contributed by atoms with Gasteiger partial charge in [-0.15, -0.1) is 0 Å². The van der Waals surface area contributed by atoms with E-state index in [-0.39, 0.29) is 0 Å². The van der Waals surface area contributed by atoms with Crippen LogP contribution in [0.2, 0.25) is 0 Å². The Bertz CT molecular complexity index is 310. The molecule has 11 heavy (non-hydrogen) atoms. The Labute approximate surface area is 67.6 Å². The summed E-state index contributed by atoms with van der Waals surface area (Å²) in [4.78, 5) is 0. The lowest BCUT2D eigenvalue weighted by Crippen LogP contribution is -1.78. The van der Waals surface area contributed by atoms with Crippen molar-refractivity contribution in [3.8, 4) is 11.8 Å². The Hall–Kier alpha value is -1.48. The highest BCUT2D eigenvalue weighted by Crippen LogP contribution is 2.03. The van der Waals surface area contributed by atoms with E-state index in [1.807, 2.05) is 31.2 Å². The van der Waals surface area contributed by atoms with Crippen molar-refractivity contribution >= 4 is 0 Å². The van der Waals surface area contributed by atoms with Crippen molar-refractivity contribution in [2.24, 2.45) is 0 Å². The Kier molecular flexibility index (Phi) is 2.52. The fourth-order valence-corrected chi connectivity index (χ4v) is 0.842. The fourth-order valence-electron chi connectivity index (χ4n) is 0.842. The maximum atomic E-state index is 3.53. The van der Waals surface area contributed by atoms with E-state index in [0.717, 1.165) is 5.56 Å². The van der Waals surface area contributed by atoms with Crippen LogP contribution in [-0.4, -0.2) is 0 Å². The van der Waals surface area contributed by atoms with Gasteiger partial charge in [-0.3, -0.25) is 0 Å². The third kappa shape index (κ3) is 1.98. The van der Waals surface area contributed by atoms with Crippen molar-refractivity contribution in [3.05, 3.63) is 48.0 Å². The van der Waals surface area contributed by atoms with Crippen LogP contribution in [0, 0.1) is 18.8 Å². The lowest BCUT2D eigenvalue weighted by Gasteiger charge is -1.93. The van der Waals surface area contributed by atoms with Crippen molar-refractivity contribution in [1.82, 2.24) is 0 Å². The van der Waals surface area contributed by atoms with Gasteiger partial charge in [0.25, 0.3) is 0 Å². The van der Waals surface area contributed by atoms with Gasteiger partial charge in [-0.2, -0.15) is 0 Å². The lowest BCUT2D eigenvalue weighted by molar-refractivity contribution is 1.44. The first kappa shape index (κ1) is 7.63. The van der Waals surface area contributed by atoms with Crippen molar-refractivity contribution in [3.63, 3.8) is 0 Å². The molecule has 1 aromatic carbocycles. The van der Waals surface area contributed by atoms with Crippen molar-refractivity contribution < 1.29 is 0 Å². The lowest BCUT2D eigenvalue weighted by atomic mass is 10.1. The van der Waals surface area contributed by atoms with Gasteiger partial charge in [0, 0.05) is 5.56 Å². The predicted molar refractivity (Wildman–Crippen MR) is 48.3 cm³/mol. The Balaban J connectivity index is 3.03. The van der Waals surface area contributed by atoms with Crippen LogP contribution in [0.15, 0.2) is 36.9 Å². The van der Waals surface area contributed by atoms with Crippen molar-refractivity contribution in [2.45, 2.75) is 6.92 Å². The van der Waals surface area contributed by atoms with Crippen LogP contribution < -0.4 is 0 Å². The number of aryl methyl sites for hydroxylation is 1. The molecule has 0 aliphatic rings. The zero-order valence-corrected chi connectivity index (χ0v) is 6.59. The quantitative estimate of drug-likeness (QED) is 0.488. The smallest absolute Gasteiger partial charge is 0.0278 e. The molecule has 0 saturated heterocycles. The van der Waals surface area contributed by atoms with E-state index in [9.17, 15) is 0 Å². The second-order valence-electron chi connectivity index (χ2n) is 2.29. The van der Waals surface area contributed by atoms with Crippen LogP contribution in [0.25, 0.3) is 0 Å². The molecule has 0 heteroatoms. The van der Waals surface area contributed by atoms with Gasteiger partial charge in [-0.25, -0.2) is 0 Å². The molecule has 1 rings (SSSR count). The zero-order chi connectivity index (χ0) is 8.10. The molecule has 0 saturated carbocycles. The molecule has 0 amide bonds. The molecule has 0 N–H and O–H groups in total. The average Bonchev–Trinajstić information content (AvgIpc) is 2.03. The van der Waals surface area contributed by atoms with E-state index in [4.69, 9.17) is 0 Å². The first-order valence-corrected chi connectivity index (χ1v) is 3.52. The van der Waals surface area contributed by atoms with E-state index in [1.165, 1.54) is 5.56 Å². The third-order valence-electron chi connectivity index (χ3n) is 1.45. The number of rotatable bonds is 0. The molecule has 0 aromatic heterocycles. The van der Waals surface area contributed by atoms with Crippen molar-refractivity contribution in [1.29, 1.82) is 0 Å².